The Hall–Kier alpha value is -0.910. The molecule has 1 aliphatic carbocycles. The lowest BCUT2D eigenvalue weighted by atomic mass is 10.0. The van der Waals surface area contributed by atoms with Crippen molar-refractivity contribution < 1.29 is 8.42 Å². The zero-order chi connectivity index (χ0) is 15.3. The summed E-state index contributed by atoms with van der Waals surface area (Å²) in [5, 5.41) is 0. The van der Waals surface area contributed by atoms with Crippen LogP contribution in [0.5, 0.6) is 0 Å². The summed E-state index contributed by atoms with van der Waals surface area (Å²) in [5.74, 6) is 0.803. The summed E-state index contributed by atoms with van der Waals surface area (Å²) in [6.45, 7) is 2.81. The third kappa shape index (κ3) is 4.53. The molecule has 4 nitrogen and oxygen atoms in total. The van der Waals surface area contributed by atoms with Gasteiger partial charge in [-0.3, -0.25) is 0 Å². The first-order chi connectivity index (χ1) is 10.0. The summed E-state index contributed by atoms with van der Waals surface area (Å²) in [6, 6.07) is 5.14. The van der Waals surface area contributed by atoms with Gasteiger partial charge in [0.05, 0.1) is 4.90 Å². The molecule has 0 radical (unpaired) electrons. The molecule has 1 fully saturated rings. The lowest BCUT2D eigenvalue weighted by Crippen LogP contribution is -2.25. The maximum absolute atomic E-state index is 12.3. The zero-order valence-electron chi connectivity index (χ0n) is 12.8. The number of nitrogens with one attached hydrogen (secondary N) is 1. The van der Waals surface area contributed by atoms with Crippen molar-refractivity contribution in [3.8, 4) is 0 Å². The van der Waals surface area contributed by atoms with Gasteiger partial charge in [0.2, 0.25) is 10.0 Å². The molecule has 118 valence electrons. The lowest BCUT2D eigenvalue weighted by molar-refractivity contribution is 0.480. The summed E-state index contributed by atoms with van der Waals surface area (Å²) in [5.41, 5.74) is 7.54. The minimum Gasteiger partial charge on any atom is -0.326 e. The molecule has 0 aromatic heterocycles. The molecule has 0 atom stereocenters. The van der Waals surface area contributed by atoms with Crippen molar-refractivity contribution in [1.29, 1.82) is 0 Å². The van der Waals surface area contributed by atoms with E-state index in [9.17, 15) is 8.42 Å². The molecule has 1 saturated carbocycles. The molecule has 1 aliphatic rings. The maximum Gasteiger partial charge on any atom is 0.240 e. The fraction of sp³-hybridized carbons (Fsp3) is 0.625. The molecule has 3 N–H and O–H groups in total. The minimum atomic E-state index is -3.41. The van der Waals surface area contributed by atoms with Crippen LogP contribution in [0.1, 0.15) is 49.7 Å². The molecule has 21 heavy (non-hydrogen) atoms. The van der Waals surface area contributed by atoms with Gasteiger partial charge in [-0.1, -0.05) is 31.7 Å². The average Bonchev–Trinajstić information content (AvgIpc) is 2.97. The van der Waals surface area contributed by atoms with E-state index in [1.165, 1.54) is 25.7 Å². The Morgan fingerprint density at radius 1 is 1.29 bits per heavy atom. The maximum atomic E-state index is 12.3. The highest BCUT2D eigenvalue weighted by molar-refractivity contribution is 7.89. The van der Waals surface area contributed by atoms with Crippen LogP contribution in [0.2, 0.25) is 0 Å². The number of benzene rings is 1. The van der Waals surface area contributed by atoms with Gasteiger partial charge in [-0.15, -0.1) is 0 Å². The Morgan fingerprint density at radius 3 is 2.67 bits per heavy atom. The summed E-state index contributed by atoms with van der Waals surface area (Å²) < 4.78 is 27.2. The zero-order valence-corrected chi connectivity index (χ0v) is 13.6. The standard InChI is InChI=1S/C16H26N2O2S/c1-13-8-9-16(11-15(13)12-17)21(19,20)18-10-4-7-14-5-2-3-6-14/h8-9,11,14,18H,2-7,10,12,17H2,1H3. The normalized spacial score (nSPS) is 16.5. The SMILES string of the molecule is Cc1ccc(S(=O)(=O)NCCCC2CCCC2)cc1CN. The van der Waals surface area contributed by atoms with E-state index in [2.05, 4.69) is 4.72 Å². The topological polar surface area (TPSA) is 72.2 Å². The molecule has 0 amide bonds. The number of hydrogen-bond acceptors (Lipinski definition) is 3. The van der Waals surface area contributed by atoms with E-state index >= 15 is 0 Å². The minimum absolute atomic E-state index is 0.314. The van der Waals surface area contributed by atoms with Gasteiger partial charge in [-0.2, -0.15) is 0 Å². The van der Waals surface area contributed by atoms with Gasteiger partial charge in [-0.25, -0.2) is 13.1 Å². The second-order valence-corrected chi connectivity index (χ2v) is 7.75. The van der Waals surface area contributed by atoms with Gasteiger partial charge >= 0.3 is 0 Å². The van der Waals surface area contributed by atoms with Crippen molar-refractivity contribution in [1.82, 2.24) is 4.72 Å². The molecule has 0 saturated heterocycles. The van der Waals surface area contributed by atoms with E-state index in [4.69, 9.17) is 5.73 Å². The van der Waals surface area contributed by atoms with Crippen LogP contribution >= 0.6 is 0 Å². The van der Waals surface area contributed by atoms with E-state index in [0.717, 1.165) is 29.9 Å². The molecular weight excluding hydrogens is 284 g/mol. The summed E-state index contributed by atoms with van der Waals surface area (Å²) in [6.07, 6.45) is 7.34. The number of sulfonamides is 1. The van der Waals surface area contributed by atoms with Crippen LogP contribution in [0.3, 0.4) is 0 Å². The molecule has 0 unspecified atom stereocenters. The average molecular weight is 310 g/mol. The number of nitrogens with two attached hydrogens (primary N) is 1. The predicted octanol–water partition coefficient (Wildman–Crippen LogP) is 2.70. The molecule has 0 bridgehead atoms. The van der Waals surface area contributed by atoms with Crippen LogP contribution in [0.25, 0.3) is 0 Å². The van der Waals surface area contributed by atoms with Crippen molar-refractivity contribution >= 4 is 10.0 Å². The number of hydrogen-bond donors (Lipinski definition) is 2. The highest BCUT2D eigenvalue weighted by atomic mass is 32.2. The lowest BCUT2D eigenvalue weighted by Gasteiger charge is -2.11. The van der Waals surface area contributed by atoms with Crippen molar-refractivity contribution in [2.45, 2.75) is 56.9 Å². The quantitative estimate of drug-likeness (QED) is 0.761. The van der Waals surface area contributed by atoms with Crippen LogP contribution in [0, 0.1) is 12.8 Å². The highest BCUT2D eigenvalue weighted by Gasteiger charge is 2.17. The third-order valence-corrected chi connectivity index (χ3v) is 5.87. The van der Waals surface area contributed by atoms with Crippen molar-refractivity contribution in [3.05, 3.63) is 29.3 Å². The van der Waals surface area contributed by atoms with Crippen molar-refractivity contribution in [2.24, 2.45) is 11.7 Å². The van der Waals surface area contributed by atoms with E-state index in [0.29, 0.717) is 18.0 Å². The molecular formula is C16H26N2O2S. The predicted molar refractivity (Wildman–Crippen MR) is 85.5 cm³/mol. The van der Waals surface area contributed by atoms with Crippen molar-refractivity contribution in [2.75, 3.05) is 6.54 Å². The van der Waals surface area contributed by atoms with E-state index < -0.39 is 10.0 Å². The van der Waals surface area contributed by atoms with Gasteiger partial charge < -0.3 is 5.73 Å². The third-order valence-electron chi connectivity index (χ3n) is 4.41. The Kier molecular flexibility index (Phi) is 5.79. The smallest absolute Gasteiger partial charge is 0.240 e. The fourth-order valence-electron chi connectivity index (χ4n) is 3.01. The fourth-order valence-corrected chi connectivity index (χ4v) is 4.14. The Labute approximate surface area is 128 Å². The Bertz CT molecular complexity index is 564. The first kappa shape index (κ1) is 16.5. The van der Waals surface area contributed by atoms with E-state index in [1.807, 2.05) is 13.0 Å². The first-order valence-corrected chi connectivity index (χ1v) is 9.30. The Balaban J connectivity index is 1.88. The molecule has 2 rings (SSSR count). The highest BCUT2D eigenvalue weighted by Crippen LogP contribution is 2.28. The van der Waals surface area contributed by atoms with Gasteiger partial charge in [0.25, 0.3) is 0 Å². The van der Waals surface area contributed by atoms with Gasteiger partial charge in [0.15, 0.2) is 0 Å². The summed E-state index contributed by atoms with van der Waals surface area (Å²) in [4.78, 5) is 0.314. The van der Waals surface area contributed by atoms with Crippen LogP contribution in [-0.4, -0.2) is 15.0 Å². The van der Waals surface area contributed by atoms with Crippen LogP contribution < -0.4 is 10.5 Å². The van der Waals surface area contributed by atoms with Crippen LogP contribution in [0.15, 0.2) is 23.1 Å². The molecule has 0 aliphatic heterocycles. The summed E-state index contributed by atoms with van der Waals surface area (Å²) >= 11 is 0. The molecule has 0 heterocycles. The molecule has 5 heteroatoms. The van der Waals surface area contributed by atoms with Crippen LogP contribution in [-0.2, 0) is 16.6 Å². The second kappa shape index (κ2) is 7.38. The number of aryl methyl sites for hydroxylation is 1. The molecule has 0 spiro atoms. The monoisotopic (exact) mass is 310 g/mol. The largest absolute Gasteiger partial charge is 0.326 e. The first-order valence-electron chi connectivity index (χ1n) is 7.82. The van der Waals surface area contributed by atoms with Gasteiger partial charge in [-0.05, 0) is 48.9 Å². The molecule has 1 aromatic rings. The Morgan fingerprint density at radius 2 is 2.00 bits per heavy atom. The van der Waals surface area contributed by atoms with Gasteiger partial charge in [0.1, 0.15) is 0 Å². The van der Waals surface area contributed by atoms with Gasteiger partial charge in [0, 0.05) is 13.1 Å². The van der Waals surface area contributed by atoms with Crippen LogP contribution in [0.4, 0.5) is 0 Å². The number of rotatable bonds is 7. The molecule has 1 aromatic carbocycles. The van der Waals surface area contributed by atoms with E-state index in [1.54, 1.807) is 12.1 Å². The van der Waals surface area contributed by atoms with Crippen molar-refractivity contribution in [3.63, 3.8) is 0 Å². The van der Waals surface area contributed by atoms with E-state index in [-0.39, 0.29) is 0 Å². The summed E-state index contributed by atoms with van der Waals surface area (Å²) in [7, 11) is -3.41. The second-order valence-electron chi connectivity index (χ2n) is 5.98.